The van der Waals surface area contributed by atoms with Crippen molar-refractivity contribution in [2.75, 3.05) is 43.4 Å². The van der Waals surface area contributed by atoms with Crippen LogP contribution in [0.2, 0.25) is 0 Å². The molecule has 2 heterocycles. The van der Waals surface area contributed by atoms with Crippen molar-refractivity contribution in [1.29, 1.82) is 0 Å². The standard InChI is InChI=1S/C15H24N4O/c1-12-8-14(17-9-13(12)16)19-6-4-18(5-7-19)10-15(2,3)11-20/h8-9,11H,4-7,10,16H2,1-3H3. The van der Waals surface area contributed by atoms with Gasteiger partial charge >= 0.3 is 0 Å². The Kier molecular flexibility index (Phi) is 4.28. The van der Waals surface area contributed by atoms with E-state index in [2.05, 4.69) is 14.8 Å². The SMILES string of the molecule is Cc1cc(N2CCN(CC(C)(C)C=O)CC2)ncc1N. The second kappa shape index (κ2) is 5.79. The first-order chi connectivity index (χ1) is 9.41. The molecule has 0 bridgehead atoms. The Morgan fingerprint density at radius 2 is 2.00 bits per heavy atom. The fraction of sp³-hybridized carbons (Fsp3) is 0.600. The number of anilines is 2. The minimum Gasteiger partial charge on any atom is -0.397 e. The Balaban J connectivity index is 1.94. The third-order valence-corrected chi connectivity index (χ3v) is 3.78. The summed E-state index contributed by atoms with van der Waals surface area (Å²) >= 11 is 0. The summed E-state index contributed by atoms with van der Waals surface area (Å²) < 4.78 is 0. The third-order valence-electron chi connectivity index (χ3n) is 3.78. The van der Waals surface area contributed by atoms with Crippen molar-refractivity contribution in [1.82, 2.24) is 9.88 Å². The van der Waals surface area contributed by atoms with Crippen LogP contribution in [0.25, 0.3) is 0 Å². The Labute approximate surface area is 120 Å². The minimum atomic E-state index is -0.266. The van der Waals surface area contributed by atoms with Gasteiger partial charge in [-0.05, 0) is 18.6 Å². The van der Waals surface area contributed by atoms with E-state index in [-0.39, 0.29) is 5.41 Å². The highest BCUT2D eigenvalue weighted by molar-refractivity contribution is 5.58. The van der Waals surface area contributed by atoms with Gasteiger partial charge in [0.25, 0.3) is 0 Å². The number of aromatic nitrogens is 1. The van der Waals surface area contributed by atoms with Crippen molar-refractivity contribution >= 4 is 17.8 Å². The molecule has 1 aliphatic heterocycles. The molecule has 1 fully saturated rings. The Hall–Kier alpha value is -1.62. The van der Waals surface area contributed by atoms with E-state index in [0.29, 0.717) is 0 Å². The van der Waals surface area contributed by atoms with Crippen LogP contribution in [-0.4, -0.2) is 48.9 Å². The first-order valence-electron chi connectivity index (χ1n) is 7.07. The molecule has 0 saturated carbocycles. The molecule has 1 aromatic rings. The molecule has 0 spiro atoms. The number of piperazine rings is 1. The number of aldehydes is 1. The van der Waals surface area contributed by atoms with Crippen LogP contribution in [0.15, 0.2) is 12.3 Å². The molecule has 0 amide bonds. The van der Waals surface area contributed by atoms with Crippen molar-refractivity contribution in [3.05, 3.63) is 17.8 Å². The van der Waals surface area contributed by atoms with Gasteiger partial charge in [-0.15, -0.1) is 0 Å². The van der Waals surface area contributed by atoms with Gasteiger partial charge in [0.05, 0.1) is 11.9 Å². The molecule has 5 nitrogen and oxygen atoms in total. The van der Waals surface area contributed by atoms with E-state index in [1.54, 1.807) is 6.20 Å². The summed E-state index contributed by atoms with van der Waals surface area (Å²) in [4.78, 5) is 20.0. The van der Waals surface area contributed by atoms with E-state index in [1.807, 2.05) is 26.8 Å². The minimum absolute atomic E-state index is 0.266. The molecule has 0 unspecified atom stereocenters. The van der Waals surface area contributed by atoms with Crippen LogP contribution < -0.4 is 10.6 Å². The summed E-state index contributed by atoms with van der Waals surface area (Å²) in [6.07, 6.45) is 2.77. The lowest BCUT2D eigenvalue weighted by molar-refractivity contribution is -0.115. The maximum Gasteiger partial charge on any atom is 0.128 e. The second-order valence-electron chi connectivity index (χ2n) is 6.27. The highest BCUT2D eigenvalue weighted by atomic mass is 16.1. The lowest BCUT2D eigenvalue weighted by atomic mass is 9.95. The van der Waals surface area contributed by atoms with Gasteiger partial charge in [-0.3, -0.25) is 4.90 Å². The van der Waals surface area contributed by atoms with Crippen molar-refractivity contribution < 1.29 is 4.79 Å². The number of hydrogen-bond donors (Lipinski definition) is 1. The van der Waals surface area contributed by atoms with Gasteiger partial charge in [-0.25, -0.2) is 4.98 Å². The lowest BCUT2D eigenvalue weighted by Crippen LogP contribution is -2.49. The predicted octanol–water partition coefficient (Wildman–Crippen LogP) is 1.32. The summed E-state index contributed by atoms with van der Waals surface area (Å²) in [6.45, 7) is 10.6. The number of aryl methyl sites for hydroxylation is 1. The predicted molar refractivity (Wildman–Crippen MR) is 81.9 cm³/mol. The summed E-state index contributed by atoms with van der Waals surface area (Å²) in [7, 11) is 0. The van der Waals surface area contributed by atoms with Crippen molar-refractivity contribution in [3.63, 3.8) is 0 Å². The number of carbonyl (C=O) groups is 1. The molecule has 2 rings (SSSR count). The Morgan fingerprint density at radius 1 is 1.35 bits per heavy atom. The molecule has 1 saturated heterocycles. The van der Waals surface area contributed by atoms with Crippen LogP contribution in [0.5, 0.6) is 0 Å². The Morgan fingerprint density at radius 3 is 2.55 bits per heavy atom. The average molecular weight is 276 g/mol. The van der Waals surface area contributed by atoms with Gasteiger partial charge in [0, 0.05) is 38.1 Å². The molecule has 2 N–H and O–H groups in total. The molecule has 1 aromatic heterocycles. The molecule has 0 aliphatic carbocycles. The second-order valence-corrected chi connectivity index (χ2v) is 6.27. The van der Waals surface area contributed by atoms with Gasteiger partial charge in [0.15, 0.2) is 0 Å². The number of hydrogen-bond acceptors (Lipinski definition) is 5. The molecule has 5 heteroatoms. The molecular weight excluding hydrogens is 252 g/mol. The van der Waals surface area contributed by atoms with E-state index >= 15 is 0 Å². The van der Waals surface area contributed by atoms with Crippen LogP contribution in [0.1, 0.15) is 19.4 Å². The van der Waals surface area contributed by atoms with E-state index in [9.17, 15) is 4.79 Å². The van der Waals surface area contributed by atoms with Crippen LogP contribution in [0.4, 0.5) is 11.5 Å². The smallest absolute Gasteiger partial charge is 0.128 e. The summed E-state index contributed by atoms with van der Waals surface area (Å²) in [5.41, 5.74) is 7.34. The number of rotatable bonds is 4. The quantitative estimate of drug-likeness (QED) is 0.840. The van der Waals surface area contributed by atoms with Gasteiger partial charge in [-0.2, -0.15) is 0 Å². The van der Waals surface area contributed by atoms with Gasteiger partial charge in [0.2, 0.25) is 0 Å². The number of nitrogens with zero attached hydrogens (tertiary/aromatic N) is 3. The van der Waals surface area contributed by atoms with E-state index < -0.39 is 0 Å². The maximum atomic E-state index is 11.0. The van der Waals surface area contributed by atoms with E-state index in [1.165, 1.54) is 0 Å². The molecule has 1 aliphatic rings. The topological polar surface area (TPSA) is 62.5 Å². The van der Waals surface area contributed by atoms with Crippen molar-refractivity contribution in [2.45, 2.75) is 20.8 Å². The number of carbonyl (C=O) groups excluding carboxylic acids is 1. The van der Waals surface area contributed by atoms with Crippen LogP contribution in [0, 0.1) is 12.3 Å². The van der Waals surface area contributed by atoms with Gasteiger partial charge in [-0.1, -0.05) is 13.8 Å². The lowest BCUT2D eigenvalue weighted by Gasteiger charge is -2.38. The largest absolute Gasteiger partial charge is 0.397 e. The zero-order valence-electron chi connectivity index (χ0n) is 12.6. The molecule has 110 valence electrons. The zero-order chi connectivity index (χ0) is 14.8. The fourth-order valence-corrected chi connectivity index (χ4v) is 2.47. The number of nitrogens with two attached hydrogens (primary N) is 1. The van der Waals surface area contributed by atoms with Crippen LogP contribution in [-0.2, 0) is 4.79 Å². The average Bonchev–Trinajstić information content (AvgIpc) is 2.42. The van der Waals surface area contributed by atoms with Gasteiger partial charge < -0.3 is 15.4 Å². The zero-order valence-corrected chi connectivity index (χ0v) is 12.6. The van der Waals surface area contributed by atoms with Crippen LogP contribution in [0.3, 0.4) is 0 Å². The first kappa shape index (κ1) is 14.8. The van der Waals surface area contributed by atoms with E-state index in [4.69, 9.17) is 5.73 Å². The highest BCUT2D eigenvalue weighted by Crippen LogP contribution is 2.20. The van der Waals surface area contributed by atoms with E-state index in [0.717, 1.165) is 56.1 Å². The number of nitrogen functional groups attached to an aromatic ring is 1. The van der Waals surface area contributed by atoms with Crippen LogP contribution >= 0.6 is 0 Å². The highest BCUT2D eigenvalue weighted by Gasteiger charge is 2.24. The molecule has 0 atom stereocenters. The molecular formula is C15H24N4O. The Bertz CT molecular complexity index is 479. The summed E-state index contributed by atoms with van der Waals surface area (Å²) in [5, 5.41) is 0. The molecule has 20 heavy (non-hydrogen) atoms. The maximum absolute atomic E-state index is 11.0. The number of pyridine rings is 1. The summed E-state index contributed by atoms with van der Waals surface area (Å²) in [5.74, 6) is 0.992. The van der Waals surface area contributed by atoms with Gasteiger partial charge in [0.1, 0.15) is 12.1 Å². The first-order valence-corrected chi connectivity index (χ1v) is 7.07. The normalized spacial score (nSPS) is 17.2. The van der Waals surface area contributed by atoms with Crippen molar-refractivity contribution in [2.24, 2.45) is 5.41 Å². The molecule has 0 radical (unpaired) electrons. The monoisotopic (exact) mass is 276 g/mol. The molecule has 0 aromatic carbocycles. The third kappa shape index (κ3) is 3.48. The van der Waals surface area contributed by atoms with Crippen molar-refractivity contribution in [3.8, 4) is 0 Å². The fourth-order valence-electron chi connectivity index (χ4n) is 2.47. The summed E-state index contributed by atoms with van der Waals surface area (Å²) in [6, 6.07) is 2.04.